The third kappa shape index (κ3) is 4.65. The van der Waals surface area contributed by atoms with E-state index in [1.807, 2.05) is 7.05 Å². The molecule has 3 heteroatoms. The summed E-state index contributed by atoms with van der Waals surface area (Å²) in [5, 5.41) is 11.9. The monoisotopic (exact) mass is 237 g/mol. The van der Waals surface area contributed by atoms with E-state index in [-0.39, 0.29) is 6.04 Å². The van der Waals surface area contributed by atoms with Gasteiger partial charge in [-0.2, -0.15) is 5.26 Å². The fourth-order valence-electron chi connectivity index (χ4n) is 2.78. The number of hydrogen-bond donors (Lipinski definition) is 1. The quantitative estimate of drug-likeness (QED) is 0.771. The largest absolute Gasteiger partial charge is 0.305 e. The Morgan fingerprint density at radius 2 is 2.00 bits per heavy atom. The molecule has 1 aliphatic rings. The summed E-state index contributed by atoms with van der Waals surface area (Å²) < 4.78 is 0. The van der Waals surface area contributed by atoms with Crippen molar-refractivity contribution in [1.29, 1.82) is 5.26 Å². The van der Waals surface area contributed by atoms with Crippen LogP contribution in [0.5, 0.6) is 0 Å². The highest BCUT2D eigenvalue weighted by atomic mass is 15.1. The van der Waals surface area contributed by atoms with Crippen LogP contribution < -0.4 is 5.32 Å². The molecule has 1 N–H and O–H groups in total. The molecule has 1 unspecified atom stereocenters. The Kier molecular flexibility index (Phi) is 6.54. The van der Waals surface area contributed by atoms with Gasteiger partial charge in [0.25, 0.3) is 0 Å². The van der Waals surface area contributed by atoms with Gasteiger partial charge in [-0.05, 0) is 52.1 Å². The van der Waals surface area contributed by atoms with E-state index in [4.69, 9.17) is 5.26 Å². The SMILES string of the molecule is CCC1CCC(N(C)CCC(C#N)NC)CC1. The molecule has 3 nitrogen and oxygen atoms in total. The van der Waals surface area contributed by atoms with E-state index >= 15 is 0 Å². The zero-order valence-electron chi connectivity index (χ0n) is 11.6. The van der Waals surface area contributed by atoms with Crippen molar-refractivity contribution in [2.45, 2.75) is 57.5 Å². The van der Waals surface area contributed by atoms with Crippen molar-refractivity contribution in [3.63, 3.8) is 0 Å². The lowest BCUT2D eigenvalue weighted by molar-refractivity contribution is 0.160. The Balaban J connectivity index is 2.25. The molecule has 0 bridgehead atoms. The molecule has 0 heterocycles. The van der Waals surface area contributed by atoms with E-state index < -0.39 is 0 Å². The lowest BCUT2D eigenvalue weighted by Gasteiger charge is -2.34. The molecule has 98 valence electrons. The van der Waals surface area contributed by atoms with Crippen LogP contribution in [0.4, 0.5) is 0 Å². The van der Waals surface area contributed by atoms with Gasteiger partial charge in [-0.25, -0.2) is 0 Å². The minimum absolute atomic E-state index is 0.00410. The lowest BCUT2D eigenvalue weighted by Crippen LogP contribution is -2.38. The van der Waals surface area contributed by atoms with Crippen molar-refractivity contribution in [1.82, 2.24) is 10.2 Å². The van der Waals surface area contributed by atoms with Crippen molar-refractivity contribution < 1.29 is 0 Å². The Morgan fingerprint density at radius 1 is 1.35 bits per heavy atom. The molecule has 0 aromatic carbocycles. The first kappa shape index (κ1) is 14.5. The van der Waals surface area contributed by atoms with Crippen LogP contribution >= 0.6 is 0 Å². The van der Waals surface area contributed by atoms with Gasteiger partial charge in [0.1, 0.15) is 0 Å². The number of nitrogens with one attached hydrogen (secondary N) is 1. The molecule has 1 aliphatic carbocycles. The lowest BCUT2D eigenvalue weighted by atomic mass is 9.84. The van der Waals surface area contributed by atoms with Gasteiger partial charge in [0.2, 0.25) is 0 Å². The van der Waals surface area contributed by atoms with Crippen molar-refractivity contribution >= 4 is 0 Å². The molecular weight excluding hydrogens is 210 g/mol. The summed E-state index contributed by atoms with van der Waals surface area (Å²) >= 11 is 0. The van der Waals surface area contributed by atoms with Crippen LogP contribution in [0.2, 0.25) is 0 Å². The normalized spacial score (nSPS) is 26.8. The molecule has 0 saturated heterocycles. The summed E-state index contributed by atoms with van der Waals surface area (Å²) in [6.45, 7) is 3.33. The molecule has 1 atom stereocenters. The van der Waals surface area contributed by atoms with Gasteiger partial charge in [-0.15, -0.1) is 0 Å². The summed E-state index contributed by atoms with van der Waals surface area (Å²) in [6, 6.07) is 3.04. The van der Waals surface area contributed by atoms with Crippen molar-refractivity contribution in [3.8, 4) is 6.07 Å². The zero-order chi connectivity index (χ0) is 12.7. The maximum atomic E-state index is 8.88. The van der Waals surface area contributed by atoms with Gasteiger partial charge >= 0.3 is 0 Å². The fraction of sp³-hybridized carbons (Fsp3) is 0.929. The third-order valence-corrected chi connectivity index (χ3v) is 4.29. The minimum Gasteiger partial charge on any atom is -0.305 e. The Bertz CT molecular complexity index is 238. The maximum Gasteiger partial charge on any atom is 0.0962 e. The van der Waals surface area contributed by atoms with Gasteiger partial charge in [-0.3, -0.25) is 0 Å². The molecular formula is C14H27N3. The van der Waals surface area contributed by atoms with Crippen LogP contribution in [0.3, 0.4) is 0 Å². The first-order chi connectivity index (χ1) is 8.21. The third-order valence-electron chi connectivity index (χ3n) is 4.29. The minimum atomic E-state index is 0.00410. The fourth-order valence-corrected chi connectivity index (χ4v) is 2.78. The van der Waals surface area contributed by atoms with Crippen molar-refractivity contribution in [2.24, 2.45) is 5.92 Å². The average Bonchev–Trinajstić information content (AvgIpc) is 2.39. The number of rotatable bonds is 6. The Hall–Kier alpha value is -0.590. The van der Waals surface area contributed by atoms with Crippen LogP contribution in [0, 0.1) is 17.2 Å². The predicted octanol–water partition coefficient (Wildman–Crippen LogP) is 2.39. The molecule has 0 aromatic heterocycles. The molecule has 17 heavy (non-hydrogen) atoms. The highest BCUT2D eigenvalue weighted by Crippen LogP contribution is 2.28. The van der Waals surface area contributed by atoms with E-state index in [2.05, 4.69) is 30.3 Å². The molecule has 0 aliphatic heterocycles. The van der Waals surface area contributed by atoms with Crippen LogP contribution in [0.15, 0.2) is 0 Å². The highest BCUT2D eigenvalue weighted by molar-refractivity contribution is 4.89. The van der Waals surface area contributed by atoms with Gasteiger partial charge < -0.3 is 10.2 Å². The molecule has 1 saturated carbocycles. The number of hydrogen-bond acceptors (Lipinski definition) is 3. The summed E-state index contributed by atoms with van der Waals surface area (Å²) in [5.41, 5.74) is 0. The standard InChI is InChI=1S/C14H27N3/c1-4-12-5-7-14(8-6-12)17(3)10-9-13(11-15)16-2/h12-14,16H,4-10H2,1-3H3. The zero-order valence-corrected chi connectivity index (χ0v) is 11.6. The summed E-state index contributed by atoms with van der Waals surface area (Å²) in [7, 11) is 4.07. The molecule has 0 spiro atoms. The smallest absolute Gasteiger partial charge is 0.0962 e. The van der Waals surface area contributed by atoms with E-state index in [1.165, 1.54) is 32.1 Å². The van der Waals surface area contributed by atoms with E-state index in [9.17, 15) is 0 Å². The van der Waals surface area contributed by atoms with Gasteiger partial charge in [-0.1, -0.05) is 13.3 Å². The summed E-state index contributed by atoms with van der Waals surface area (Å²) in [4.78, 5) is 2.45. The topological polar surface area (TPSA) is 39.1 Å². The second-order valence-electron chi connectivity index (χ2n) is 5.32. The van der Waals surface area contributed by atoms with Gasteiger partial charge in [0.15, 0.2) is 0 Å². The molecule has 0 radical (unpaired) electrons. The van der Waals surface area contributed by atoms with Crippen LogP contribution in [0.25, 0.3) is 0 Å². The molecule has 1 rings (SSSR count). The number of nitrogens with zero attached hydrogens (tertiary/aromatic N) is 2. The second-order valence-corrected chi connectivity index (χ2v) is 5.32. The molecule has 0 amide bonds. The summed E-state index contributed by atoms with van der Waals surface area (Å²) in [5.74, 6) is 0.962. The Labute approximate surface area is 106 Å². The van der Waals surface area contributed by atoms with Crippen LogP contribution in [-0.4, -0.2) is 37.6 Å². The van der Waals surface area contributed by atoms with Gasteiger partial charge in [0.05, 0.1) is 12.1 Å². The van der Waals surface area contributed by atoms with Crippen molar-refractivity contribution in [2.75, 3.05) is 20.6 Å². The first-order valence-corrected chi connectivity index (χ1v) is 6.98. The second kappa shape index (κ2) is 7.68. The average molecular weight is 237 g/mol. The highest BCUT2D eigenvalue weighted by Gasteiger charge is 2.23. The van der Waals surface area contributed by atoms with E-state index in [0.717, 1.165) is 24.9 Å². The van der Waals surface area contributed by atoms with Crippen LogP contribution in [0.1, 0.15) is 45.4 Å². The van der Waals surface area contributed by atoms with E-state index in [0.29, 0.717) is 0 Å². The first-order valence-electron chi connectivity index (χ1n) is 6.98. The summed E-state index contributed by atoms with van der Waals surface area (Å²) in [6.07, 6.45) is 7.72. The van der Waals surface area contributed by atoms with Crippen molar-refractivity contribution in [3.05, 3.63) is 0 Å². The maximum absolute atomic E-state index is 8.88. The predicted molar refractivity (Wildman–Crippen MR) is 71.7 cm³/mol. The molecule has 0 aromatic rings. The van der Waals surface area contributed by atoms with E-state index in [1.54, 1.807) is 0 Å². The van der Waals surface area contributed by atoms with Crippen LogP contribution in [-0.2, 0) is 0 Å². The Morgan fingerprint density at radius 3 is 2.47 bits per heavy atom. The molecule has 1 fully saturated rings. The number of nitriles is 1. The van der Waals surface area contributed by atoms with Gasteiger partial charge in [0, 0.05) is 12.6 Å².